The average molecular weight is 497 g/mol. The Balaban J connectivity index is 1.32. The van der Waals surface area contributed by atoms with Crippen LogP contribution in [0.3, 0.4) is 0 Å². The Hall–Kier alpha value is -3.63. The fourth-order valence-electron chi connectivity index (χ4n) is 3.05. The van der Waals surface area contributed by atoms with Crippen LogP contribution >= 0.6 is 23.4 Å². The molecule has 0 fully saturated rings. The highest BCUT2D eigenvalue weighted by atomic mass is 35.5. The van der Waals surface area contributed by atoms with E-state index in [0.29, 0.717) is 51.5 Å². The van der Waals surface area contributed by atoms with Crippen molar-refractivity contribution in [2.45, 2.75) is 11.4 Å². The molecule has 9 nitrogen and oxygen atoms in total. The lowest BCUT2D eigenvalue weighted by Gasteiger charge is -2.06. The van der Waals surface area contributed by atoms with Gasteiger partial charge in [0.25, 0.3) is 5.91 Å². The summed E-state index contributed by atoms with van der Waals surface area (Å²) in [6, 6.07) is 17.4. The molecule has 0 saturated carbocycles. The maximum atomic E-state index is 12.3. The minimum atomic E-state index is -0.188. The number of carbonyl (C=O) groups is 2. The highest BCUT2D eigenvalue weighted by Gasteiger charge is 2.11. The third-order valence-electron chi connectivity index (χ3n) is 4.77. The van der Waals surface area contributed by atoms with Gasteiger partial charge in [-0.05, 0) is 60.7 Å². The third kappa shape index (κ3) is 6.03. The van der Waals surface area contributed by atoms with Crippen LogP contribution in [0.2, 0.25) is 5.02 Å². The van der Waals surface area contributed by atoms with Crippen molar-refractivity contribution in [2.75, 3.05) is 24.7 Å². The molecule has 34 heavy (non-hydrogen) atoms. The zero-order chi connectivity index (χ0) is 23.9. The van der Waals surface area contributed by atoms with Gasteiger partial charge in [0.1, 0.15) is 10.8 Å². The van der Waals surface area contributed by atoms with Crippen LogP contribution in [0.5, 0.6) is 5.75 Å². The zero-order valence-corrected chi connectivity index (χ0v) is 19.8. The summed E-state index contributed by atoms with van der Waals surface area (Å²) in [6.07, 6.45) is 0.446. The van der Waals surface area contributed by atoms with Gasteiger partial charge in [-0.15, -0.1) is 10.2 Å². The first kappa shape index (κ1) is 23.5. The number of aromatic nitrogens is 4. The second kappa shape index (κ2) is 11.0. The van der Waals surface area contributed by atoms with Crippen molar-refractivity contribution >= 4 is 46.5 Å². The normalized spacial score (nSPS) is 10.8. The van der Waals surface area contributed by atoms with E-state index in [1.165, 1.54) is 11.8 Å². The number of halogens is 1. The highest BCUT2D eigenvalue weighted by molar-refractivity contribution is 7.99. The molecular weight excluding hydrogens is 476 g/mol. The molecular formula is C23H21ClN6O3S. The van der Waals surface area contributed by atoms with E-state index in [2.05, 4.69) is 25.9 Å². The fourth-order valence-corrected chi connectivity index (χ4v) is 3.83. The van der Waals surface area contributed by atoms with E-state index >= 15 is 0 Å². The number of fused-ring (bicyclic) bond motifs is 1. The van der Waals surface area contributed by atoms with E-state index < -0.39 is 0 Å². The minimum absolute atomic E-state index is 0.153. The van der Waals surface area contributed by atoms with Crippen LogP contribution < -0.4 is 15.4 Å². The summed E-state index contributed by atoms with van der Waals surface area (Å²) >= 11 is 7.16. The zero-order valence-electron chi connectivity index (χ0n) is 18.2. The largest absolute Gasteiger partial charge is 0.497 e. The van der Waals surface area contributed by atoms with Crippen LogP contribution in [0.15, 0.2) is 65.7 Å². The summed E-state index contributed by atoms with van der Waals surface area (Å²) in [5.74, 6) is 1.15. The number of hydrogen-bond acceptors (Lipinski definition) is 7. The summed E-state index contributed by atoms with van der Waals surface area (Å²) in [4.78, 5) is 24.6. The number of benzene rings is 2. The lowest BCUT2D eigenvalue weighted by Crippen LogP contribution is -2.26. The van der Waals surface area contributed by atoms with Gasteiger partial charge >= 0.3 is 0 Å². The lowest BCUT2D eigenvalue weighted by molar-refractivity contribution is -0.113. The molecule has 0 aliphatic heterocycles. The number of hydrogen-bond donors (Lipinski definition) is 2. The molecule has 2 N–H and O–H groups in total. The van der Waals surface area contributed by atoms with E-state index in [1.54, 1.807) is 72.3 Å². The van der Waals surface area contributed by atoms with E-state index in [1.807, 2.05) is 0 Å². The predicted molar refractivity (Wildman–Crippen MR) is 131 cm³/mol. The van der Waals surface area contributed by atoms with Crippen molar-refractivity contribution in [2.24, 2.45) is 0 Å². The number of rotatable bonds is 9. The first-order chi connectivity index (χ1) is 16.5. The standard InChI is InChI=1S/C23H21ClN6O3S/c1-33-18-8-2-15(3-9-18)23(32)25-13-12-20-28-27-19-10-11-22(29-30(19)20)34-14-21(31)26-17-6-4-16(24)5-7-17/h2-11H,12-14H2,1H3,(H,25,32)(H,26,31). The van der Waals surface area contributed by atoms with Gasteiger partial charge in [-0.3, -0.25) is 9.59 Å². The highest BCUT2D eigenvalue weighted by Crippen LogP contribution is 2.18. The van der Waals surface area contributed by atoms with Gasteiger partial charge in [-0.25, -0.2) is 0 Å². The van der Waals surface area contributed by atoms with Crippen LogP contribution in [0, 0.1) is 0 Å². The SMILES string of the molecule is COc1ccc(C(=O)NCCc2nnc3ccc(SCC(=O)Nc4ccc(Cl)cc4)nn23)cc1. The van der Waals surface area contributed by atoms with Crippen molar-refractivity contribution in [3.8, 4) is 5.75 Å². The fraction of sp³-hybridized carbons (Fsp3) is 0.174. The topological polar surface area (TPSA) is 111 Å². The molecule has 2 heterocycles. The first-order valence-corrected chi connectivity index (χ1v) is 11.7. The van der Waals surface area contributed by atoms with E-state index in [-0.39, 0.29) is 17.6 Å². The van der Waals surface area contributed by atoms with E-state index in [4.69, 9.17) is 16.3 Å². The van der Waals surface area contributed by atoms with Gasteiger partial charge in [-0.1, -0.05) is 23.4 Å². The summed E-state index contributed by atoms with van der Waals surface area (Å²) in [5, 5.41) is 19.8. The maximum absolute atomic E-state index is 12.3. The number of nitrogens with one attached hydrogen (secondary N) is 2. The number of nitrogens with zero attached hydrogens (tertiary/aromatic N) is 4. The Morgan fingerprint density at radius 3 is 2.53 bits per heavy atom. The van der Waals surface area contributed by atoms with E-state index in [0.717, 1.165) is 0 Å². The van der Waals surface area contributed by atoms with Gasteiger partial charge in [-0.2, -0.15) is 9.61 Å². The van der Waals surface area contributed by atoms with Crippen LogP contribution in [-0.4, -0.2) is 51.0 Å². The second-order valence-electron chi connectivity index (χ2n) is 7.14. The van der Waals surface area contributed by atoms with Crippen molar-refractivity contribution in [1.82, 2.24) is 25.1 Å². The molecule has 0 spiro atoms. The monoisotopic (exact) mass is 496 g/mol. The predicted octanol–water partition coefficient (Wildman–Crippen LogP) is 3.49. The molecule has 0 atom stereocenters. The molecule has 4 aromatic rings. The Kier molecular flexibility index (Phi) is 7.61. The number of anilines is 1. The molecule has 0 aliphatic rings. The Morgan fingerprint density at radius 2 is 1.79 bits per heavy atom. The van der Waals surface area contributed by atoms with Gasteiger partial charge < -0.3 is 15.4 Å². The maximum Gasteiger partial charge on any atom is 0.251 e. The Morgan fingerprint density at radius 1 is 1.03 bits per heavy atom. The van der Waals surface area contributed by atoms with Crippen molar-refractivity contribution in [1.29, 1.82) is 0 Å². The summed E-state index contributed by atoms with van der Waals surface area (Å²) in [6.45, 7) is 0.369. The summed E-state index contributed by atoms with van der Waals surface area (Å²) in [5.41, 5.74) is 1.81. The Bertz CT molecular complexity index is 1290. The summed E-state index contributed by atoms with van der Waals surface area (Å²) in [7, 11) is 1.58. The van der Waals surface area contributed by atoms with Crippen LogP contribution in [0.4, 0.5) is 5.69 Å². The average Bonchev–Trinajstić information content (AvgIpc) is 3.26. The second-order valence-corrected chi connectivity index (χ2v) is 8.57. The molecule has 0 unspecified atom stereocenters. The molecule has 2 aromatic heterocycles. The van der Waals surface area contributed by atoms with Gasteiger partial charge in [0, 0.05) is 29.2 Å². The molecule has 0 saturated heterocycles. The number of thioether (sulfide) groups is 1. The molecule has 11 heteroatoms. The van der Waals surface area contributed by atoms with Gasteiger partial charge in [0.2, 0.25) is 5.91 Å². The van der Waals surface area contributed by atoms with Crippen molar-refractivity contribution < 1.29 is 14.3 Å². The first-order valence-electron chi connectivity index (χ1n) is 10.3. The van der Waals surface area contributed by atoms with E-state index in [9.17, 15) is 9.59 Å². The number of amides is 2. The van der Waals surface area contributed by atoms with Crippen molar-refractivity contribution in [3.05, 3.63) is 77.1 Å². The van der Waals surface area contributed by atoms with Gasteiger partial charge in [0.05, 0.1) is 12.9 Å². The molecule has 0 aliphatic carbocycles. The van der Waals surface area contributed by atoms with Crippen LogP contribution in [-0.2, 0) is 11.2 Å². The van der Waals surface area contributed by atoms with Crippen molar-refractivity contribution in [3.63, 3.8) is 0 Å². The number of methoxy groups -OCH3 is 1. The van der Waals surface area contributed by atoms with Crippen LogP contribution in [0.25, 0.3) is 5.65 Å². The van der Waals surface area contributed by atoms with Crippen LogP contribution in [0.1, 0.15) is 16.2 Å². The number of ether oxygens (including phenoxy) is 1. The lowest BCUT2D eigenvalue weighted by atomic mass is 10.2. The quantitative estimate of drug-likeness (QED) is 0.341. The smallest absolute Gasteiger partial charge is 0.251 e. The molecule has 4 rings (SSSR count). The molecule has 0 bridgehead atoms. The van der Waals surface area contributed by atoms with Gasteiger partial charge in [0.15, 0.2) is 11.5 Å². The number of carbonyl (C=O) groups excluding carboxylic acids is 2. The molecule has 2 amide bonds. The molecule has 174 valence electrons. The molecule has 0 radical (unpaired) electrons. The summed E-state index contributed by atoms with van der Waals surface area (Å²) < 4.78 is 6.73. The third-order valence-corrected chi connectivity index (χ3v) is 5.94. The molecule has 2 aromatic carbocycles. The Labute approximate surface area is 204 Å². The minimum Gasteiger partial charge on any atom is -0.497 e.